The SMILES string of the molecule is CC(O)c1ccc(Sc2ncc[nH]2)nc1. The van der Waals surface area contributed by atoms with Crippen LogP contribution in [0.15, 0.2) is 40.9 Å². The summed E-state index contributed by atoms with van der Waals surface area (Å²) in [6, 6.07) is 3.73. The Bertz CT molecular complexity index is 411. The third-order valence-corrected chi connectivity index (χ3v) is 2.78. The largest absolute Gasteiger partial charge is 0.389 e. The Kier molecular flexibility index (Phi) is 3.03. The van der Waals surface area contributed by atoms with Gasteiger partial charge in [0, 0.05) is 18.6 Å². The first-order chi connectivity index (χ1) is 7.25. The third kappa shape index (κ3) is 2.57. The van der Waals surface area contributed by atoms with E-state index in [0.717, 1.165) is 15.7 Å². The van der Waals surface area contributed by atoms with Gasteiger partial charge in [-0.2, -0.15) is 0 Å². The molecule has 0 saturated carbocycles. The minimum atomic E-state index is -0.472. The molecule has 0 saturated heterocycles. The van der Waals surface area contributed by atoms with Crippen molar-refractivity contribution in [1.29, 1.82) is 0 Å². The van der Waals surface area contributed by atoms with Gasteiger partial charge in [0.2, 0.25) is 0 Å². The quantitative estimate of drug-likeness (QED) is 0.832. The summed E-state index contributed by atoms with van der Waals surface area (Å²) in [4.78, 5) is 11.3. The van der Waals surface area contributed by atoms with Crippen molar-refractivity contribution in [3.63, 3.8) is 0 Å². The highest BCUT2D eigenvalue weighted by Crippen LogP contribution is 2.23. The minimum absolute atomic E-state index is 0.472. The second-order valence-electron chi connectivity index (χ2n) is 3.10. The molecule has 5 heteroatoms. The zero-order chi connectivity index (χ0) is 10.7. The van der Waals surface area contributed by atoms with Crippen molar-refractivity contribution < 1.29 is 5.11 Å². The lowest BCUT2D eigenvalue weighted by Gasteiger charge is -2.03. The summed E-state index contributed by atoms with van der Waals surface area (Å²) in [6.45, 7) is 1.72. The molecule has 2 N–H and O–H groups in total. The molecule has 0 bridgehead atoms. The van der Waals surface area contributed by atoms with Crippen molar-refractivity contribution in [1.82, 2.24) is 15.0 Å². The molecule has 0 radical (unpaired) electrons. The van der Waals surface area contributed by atoms with Crippen LogP contribution in [0.5, 0.6) is 0 Å². The number of pyridine rings is 1. The fourth-order valence-corrected chi connectivity index (χ4v) is 1.79. The van der Waals surface area contributed by atoms with Crippen LogP contribution in [0.2, 0.25) is 0 Å². The lowest BCUT2D eigenvalue weighted by atomic mass is 10.2. The van der Waals surface area contributed by atoms with E-state index in [2.05, 4.69) is 15.0 Å². The Labute approximate surface area is 91.8 Å². The number of aromatic amines is 1. The van der Waals surface area contributed by atoms with Gasteiger partial charge in [-0.05, 0) is 30.3 Å². The van der Waals surface area contributed by atoms with Crippen molar-refractivity contribution in [3.05, 3.63) is 36.3 Å². The fourth-order valence-electron chi connectivity index (χ4n) is 1.10. The molecule has 1 atom stereocenters. The smallest absolute Gasteiger partial charge is 0.171 e. The molecule has 0 spiro atoms. The number of nitrogens with one attached hydrogen (secondary N) is 1. The van der Waals surface area contributed by atoms with Crippen LogP contribution in [-0.2, 0) is 0 Å². The minimum Gasteiger partial charge on any atom is -0.389 e. The molecule has 4 nitrogen and oxygen atoms in total. The average molecular weight is 221 g/mol. The molecule has 0 aliphatic rings. The summed E-state index contributed by atoms with van der Waals surface area (Å²) in [5.74, 6) is 0. The van der Waals surface area contributed by atoms with Crippen molar-refractivity contribution in [2.45, 2.75) is 23.2 Å². The predicted molar refractivity (Wildman–Crippen MR) is 57.6 cm³/mol. The molecular weight excluding hydrogens is 210 g/mol. The van der Waals surface area contributed by atoms with Crippen LogP contribution in [0.25, 0.3) is 0 Å². The maximum Gasteiger partial charge on any atom is 0.171 e. The first kappa shape index (κ1) is 10.2. The number of aliphatic hydroxyl groups is 1. The second-order valence-corrected chi connectivity index (χ2v) is 4.11. The van der Waals surface area contributed by atoms with Crippen molar-refractivity contribution in [3.8, 4) is 0 Å². The van der Waals surface area contributed by atoms with Crippen LogP contribution in [0.4, 0.5) is 0 Å². The van der Waals surface area contributed by atoms with Crippen molar-refractivity contribution >= 4 is 11.8 Å². The molecular formula is C10H11N3OS. The summed E-state index contributed by atoms with van der Waals surface area (Å²) in [5, 5.41) is 11.0. The number of hydrogen-bond acceptors (Lipinski definition) is 4. The molecule has 15 heavy (non-hydrogen) atoms. The monoisotopic (exact) mass is 221 g/mol. The number of nitrogens with zero attached hydrogens (tertiary/aromatic N) is 2. The van der Waals surface area contributed by atoms with Crippen LogP contribution in [0.1, 0.15) is 18.6 Å². The number of rotatable bonds is 3. The van der Waals surface area contributed by atoms with Crippen LogP contribution in [-0.4, -0.2) is 20.1 Å². The molecule has 1 unspecified atom stereocenters. The molecule has 2 aromatic heterocycles. The topological polar surface area (TPSA) is 61.8 Å². The third-order valence-electron chi connectivity index (χ3n) is 1.92. The Morgan fingerprint density at radius 1 is 1.40 bits per heavy atom. The summed E-state index contributed by atoms with van der Waals surface area (Å²) < 4.78 is 0. The lowest BCUT2D eigenvalue weighted by Crippen LogP contribution is -1.92. The summed E-state index contributed by atoms with van der Waals surface area (Å²) in [7, 11) is 0. The van der Waals surface area contributed by atoms with E-state index in [-0.39, 0.29) is 0 Å². The average Bonchev–Trinajstić information content (AvgIpc) is 2.71. The van der Waals surface area contributed by atoms with Gasteiger partial charge in [0.15, 0.2) is 5.16 Å². The molecule has 78 valence electrons. The van der Waals surface area contributed by atoms with Crippen molar-refractivity contribution in [2.24, 2.45) is 0 Å². The van der Waals surface area contributed by atoms with Gasteiger partial charge in [-0.15, -0.1) is 0 Å². The predicted octanol–water partition coefficient (Wildman–Crippen LogP) is 2.01. The first-order valence-electron chi connectivity index (χ1n) is 4.57. The molecule has 2 rings (SSSR count). The van der Waals surface area contributed by atoms with Gasteiger partial charge in [0.25, 0.3) is 0 Å². The van der Waals surface area contributed by atoms with Gasteiger partial charge in [-0.1, -0.05) is 6.07 Å². The van der Waals surface area contributed by atoms with Crippen LogP contribution < -0.4 is 0 Å². The first-order valence-corrected chi connectivity index (χ1v) is 5.38. The Hall–Kier alpha value is -1.33. The van der Waals surface area contributed by atoms with E-state index >= 15 is 0 Å². The van der Waals surface area contributed by atoms with E-state index in [1.807, 2.05) is 12.1 Å². The van der Waals surface area contributed by atoms with Crippen LogP contribution in [0, 0.1) is 0 Å². The van der Waals surface area contributed by atoms with Gasteiger partial charge in [-0.25, -0.2) is 9.97 Å². The van der Waals surface area contributed by atoms with Crippen molar-refractivity contribution in [2.75, 3.05) is 0 Å². The summed E-state index contributed by atoms with van der Waals surface area (Å²) >= 11 is 1.46. The maximum absolute atomic E-state index is 9.31. The van der Waals surface area contributed by atoms with Gasteiger partial charge >= 0.3 is 0 Å². The van der Waals surface area contributed by atoms with E-state index in [9.17, 15) is 5.11 Å². The molecule has 0 aliphatic carbocycles. The van der Waals surface area contributed by atoms with E-state index in [1.165, 1.54) is 11.8 Å². The van der Waals surface area contributed by atoms with E-state index in [1.54, 1.807) is 25.5 Å². The number of imidazole rings is 1. The van der Waals surface area contributed by atoms with Crippen LogP contribution >= 0.6 is 11.8 Å². The zero-order valence-corrected chi connectivity index (χ0v) is 9.03. The zero-order valence-electron chi connectivity index (χ0n) is 8.21. The number of aromatic nitrogens is 3. The molecule has 2 heterocycles. The Balaban J connectivity index is 2.11. The van der Waals surface area contributed by atoms with Crippen LogP contribution in [0.3, 0.4) is 0 Å². The molecule has 0 aromatic carbocycles. The fraction of sp³-hybridized carbons (Fsp3) is 0.200. The normalized spacial score (nSPS) is 12.7. The van der Waals surface area contributed by atoms with Gasteiger partial charge < -0.3 is 10.1 Å². The van der Waals surface area contributed by atoms with E-state index in [0.29, 0.717) is 0 Å². The number of H-pyrrole nitrogens is 1. The van der Waals surface area contributed by atoms with Gasteiger partial charge in [-0.3, -0.25) is 0 Å². The molecule has 0 aliphatic heterocycles. The summed E-state index contributed by atoms with van der Waals surface area (Å²) in [5.41, 5.74) is 0.818. The van der Waals surface area contributed by atoms with E-state index in [4.69, 9.17) is 0 Å². The Morgan fingerprint density at radius 2 is 2.27 bits per heavy atom. The highest BCUT2D eigenvalue weighted by atomic mass is 32.2. The second kappa shape index (κ2) is 4.46. The molecule has 2 aromatic rings. The van der Waals surface area contributed by atoms with Gasteiger partial charge in [0.1, 0.15) is 5.03 Å². The van der Waals surface area contributed by atoms with E-state index < -0.39 is 6.10 Å². The highest BCUT2D eigenvalue weighted by Gasteiger charge is 2.03. The standard InChI is InChI=1S/C10H11N3OS/c1-7(14)8-2-3-9(13-6-8)15-10-11-4-5-12-10/h2-7,14H,1H3,(H,11,12). The highest BCUT2D eigenvalue weighted by molar-refractivity contribution is 7.99. The Morgan fingerprint density at radius 3 is 2.80 bits per heavy atom. The lowest BCUT2D eigenvalue weighted by molar-refractivity contribution is 0.198. The van der Waals surface area contributed by atoms with Gasteiger partial charge in [0.05, 0.1) is 6.10 Å². The number of hydrogen-bond donors (Lipinski definition) is 2. The molecule has 0 fully saturated rings. The summed E-state index contributed by atoms with van der Waals surface area (Å²) in [6.07, 6.45) is 4.68. The maximum atomic E-state index is 9.31. The molecule has 0 amide bonds. The number of aliphatic hydroxyl groups excluding tert-OH is 1.